The van der Waals surface area contributed by atoms with Crippen LogP contribution in [0.3, 0.4) is 0 Å². The predicted octanol–water partition coefficient (Wildman–Crippen LogP) is 3.59. The van der Waals surface area contributed by atoms with Crippen LogP contribution in [-0.4, -0.2) is 18.4 Å². The van der Waals surface area contributed by atoms with Crippen molar-refractivity contribution in [1.82, 2.24) is 0 Å². The lowest BCUT2D eigenvalue weighted by atomic mass is 10.1. The summed E-state index contributed by atoms with van der Waals surface area (Å²) in [5, 5.41) is 2.75. The zero-order valence-corrected chi connectivity index (χ0v) is 14.2. The van der Waals surface area contributed by atoms with Crippen molar-refractivity contribution in [2.24, 2.45) is 5.73 Å². The van der Waals surface area contributed by atoms with Gasteiger partial charge in [0, 0.05) is 15.7 Å². The molecule has 0 saturated heterocycles. The van der Waals surface area contributed by atoms with Crippen LogP contribution in [0.4, 0.5) is 5.69 Å². The van der Waals surface area contributed by atoms with Crippen LogP contribution in [0.2, 0.25) is 0 Å². The molecule has 2 aromatic rings. The minimum Gasteiger partial charge on any atom is -0.493 e. The summed E-state index contributed by atoms with van der Waals surface area (Å²) in [5.41, 5.74) is 6.49. The molecule has 2 amide bonds. The fourth-order valence-corrected chi connectivity index (χ4v) is 2.33. The van der Waals surface area contributed by atoms with Gasteiger partial charge in [0.05, 0.1) is 12.2 Å². The maximum atomic E-state index is 12.5. The van der Waals surface area contributed by atoms with Gasteiger partial charge in [0.2, 0.25) is 5.91 Å². The number of hydrogen-bond acceptors (Lipinski definition) is 3. The van der Waals surface area contributed by atoms with E-state index in [4.69, 9.17) is 10.5 Å². The molecule has 0 saturated carbocycles. The minimum atomic E-state index is -0.546. The average molecular weight is 377 g/mol. The molecule has 0 atom stereocenters. The summed E-state index contributed by atoms with van der Waals surface area (Å²) in [4.78, 5) is 23.7. The molecule has 0 bridgehead atoms. The van der Waals surface area contributed by atoms with Gasteiger partial charge in [-0.1, -0.05) is 28.9 Å². The first-order valence-corrected chi connectivity index (χ1v) is 7.94. The van der Waals surface area contributed by atoms with Crippen molar-refractivity contribution in [3.05, 3.63) is 58.1 Å². The van der Waals surface area contributed by atoms with Crippen LogP contribution in [0, 0.1) is 0 Å². The second kappa shape index (κ2) is 7.78. The predicted molar refractivity (Wildman–Crippen MR) is 92.8 cm³/mol. The molecule has 0 spiro atoms. The lowest BCUT2D eigenvalue weighted by molar-refractivity contribution is 0.0995. The third kappa shape index (κ3) is 4.56. The first-order chi connectivity index (χ1) is 11.0. The Hall–Kier alpha value is -2.34. The standard InChI is InChI=1S/C17H17BrN2O3/c1-2-8-23-15-7-6-12(18)10-14(15)17(22)20-13-5-3-4-11(9-13)16(19)21/h3-7,9-10H,2,8H2,1H3,(H2,19,21)(H,20,22). The third-order valence-electron chi connectivity index (χ3n) is 3.05. The highest BCUT2D eigenvalue weighted by Gasteiger charge is 2.14. The number of halogens is 1. The van der Waals surface area contributed by atoms with Gasteiger partial charge in [-0.05, 0) is 42.8 Å². The molecule has 6 heteroatoms. The molecule has 0 aliphatic heterocycles. The molecular formula is C17H17BrN2O3. The van der Waals surface area contributed by atoms with Crippen molar-refractivity contribution >= 4 is 33.4 Å². The number of benzene rings is 2. The maximum absolute atomic E-state index is 12.5. The molecule has 0 fully saturated rings. The summed E-state index contributed by atoms with van der Waals surface area (Å²) in [6, 6.07) is 11.7. The SMILES string of the molecule is CCCOc1ccc(Br)cc1C(=O)Nc1cccc(C(N)=O)c1. The van der Waals surface area contributed by atoms with Crippen molar-refractivity contribution in [3.8, 4) is 5.75 Å². The molecule has 2 rings (SSSR count). The molecule has 23 heavy (non-hydrogen) atoms. The Morgan fingerprint density at radius 3 is 2.70 bits per heavy atom. The quantitative estimate of drug-likeness (QED) is 0.807. The summed E-state index contributed by atoms with van der Waals surface area (Å²) in [5.74, 6) is -0.354. The van der Waals surface area contributed by atoms with Crippen LogP contribution in [0.1, 0.15) is 34.1 Å². The minimum absolute atomic E-state index is 0.320. The highest BCUT2D eigenvalue weighted by atomic mass is 79.9. The van der Waals surface area contributed by atoms with Crippen LogP contribution in [0.5, 0.6) is 5.75 Å². The van der Waals surface area contributed by atoms with E-state index in [-0.39, 0.29) is 5.91 Å². The second-order valence-electron chi connectivity index (χ2n) is 4.89. The van der Waals surface area contributed by atoms with E-state index in [1.807, 2.05) is 13.0 Å². The van der Waals surface area contributed by atoms with Crippen LogP contribution >= 0.6 is 15.9 Å². The Balaban J connectivity index is 2.25. The Labute approximate surface area is 143 Å². The van der Waals surface area contributed by atoms with Crippen molar-refractivity contribution in [2.45, 2.75) is 13.3 Å². The van der Waals surface area contributed by atoms with E-state index in [0.717, 1.165) is 10.9 Å². The second-order valence-corrected chi connectivity index (χ2v) is 5.80. The Bertz CT molecular complexity index is 732. The molecule has 0 heterocycles. The molecule has 0 aromatic heterocycles. The number of amides is 2. The number of primary amides is 1. The number of rotatable bonds is 6. The number of nitrogens with one attached hydrogen (secondary N) is 1. The fraction of sp³-hybridized carbons (Fsp3) is 0.176. The lowest BCUT2D eigenvalue weighted by Crippen LogP contribution is -2.15. The highest BCUT2D eigenvalue weighted by Crippen LogP contribution is 2.24. The van der Waals surface area contributed by atoms with Gasteiger partial charge in [-0.2, -0.15) is 0 Å². The van der Waals surface area contributed by atoms with Gasteiger partial charge < -0.3 is 15.8 Å². The monoisotopic (exact) mass is 376 g/mol. The van der Waals surface area contributed by atoms with E-state index in [9.17, 15) is 9.59 Å². The van der Waals surface area contributed by atoms with Crippen molar-refractivity contribution in [2.75, 3.05) is 11.9 Å². The highest BCUT2D eigenvalue weighted by molar-refractivity contribution is 9.10. The van der Waals surface area contributed by atoms with Crippen LogP contribution < -0.4 is 15.8 Å². The molecule has 3 N–H and O–H groups in total. The molecule has 120 valence electrons. The van der Waals surface area contributed by atoms with Gasteiger partial charge in [0.15, 0.2) is 0 Å². The first-order valence-electron chi connectivity index (χ1n) is 7.15. The summed E-state index contributed by atoms with van der Waals surface area (Å²) < 4.78 is 6.38. The van der Waals surface area contributed by atoms with E-state index in [2.05, 4.69) is 21.2 Å². The molecule has 0 aliphatic rings. The van der Waals surface area contributed by atoms with E-state index >= 15 is 0 Å². The molecular weight excluding hydrogens is 360 g/mol. The molecule has 0 aliphatic carbocycles. The van der Waals surface area contributed by atoms with E-state index in [1.165, 1.54) is 6.07 Å². The van der Waals surface area contributed by atoms with Crippen LogP contribution in [0.15, 0.2) is 46.9 Å². The fourth-order valence-electron chi connectivity index (χ4n) is 1.97. The summed E-state index contributed by atoms with van der Waals surface area (Å²) in [6.07, 6.45) is 0.845. The van der Waals surface area contributed by atoms with Gasteiger partial charge >= 0.3 is 0 Å². The number of carbonyl (C=O) groups excluding carboxylic acids is 2. The third-order valence-corrected chi connectivity index (χ3v) is 3.55. The molecule has 2 aromatic carbocycles. The van der Waals surface area contributed by atoms with E-state index in [0.29, 0.717) is 29.2 Å². The topological polar surface area (TPSA) is 81.4 Å². The lowest BCUT2D eigenvalue weighted by Gasteiger charge is -2.12. The summed E-state index contributed by atoms with van der Waals surface area (Å²) >= 11 is 3.35. The number of hydrogen-bond donors (Lipinski definition) is 2. The van der Waals surface area contributed by atoms with Crippen molar-refractivity contribution in [1.29, 1.82) is 0 Å². The largest absolute Gasteiger partial charge is 0.493 e. The summed E-state index contributed by atoms with van der Waals surface area (Å²) in [7, 11) is 0. The van der Waals surface area contributed by atoms with Gasteiger partial charge in [-0.25, -0.2) is 0 Å². The molecule has 0 radical (unpaired) electrons. The number of anilines is 1. The normalized spacial score (nSPS) is 10.2. The van der Waals surface area contributed by atoms with Crippen LogP contribution in [-0.2, 0) is 0 Å². The van der Waals surface area contributed by atoms with Gasteiger partial charge in [-0.3, -0.25) is 9.59 Å². The van der Waals surface area contributed by atoms with Crippen LogP contribution in [0.25, 0.3) is 0 Å². The Kier molecular flexibility index (Phi) is 5.76. The van der Waals surface area contributed by atoms with E-state index in [1.54, 1.807) is 30.3 Å². The van der Waals surface area contributed by atoms with Gasteiger partial charge in [0.1, 0.15) is 5.75 Å². The maximum Gasteiger partial charge on any atom is 0.259 e. The zero-order chi connectivity index (χ0) is 16.8. The Morgan fingerprint density at radius 1 is 1.22 bits per heavy atom. The van der Waals surface area contributed by atoms with Gasteiger partial charge in [-0.15, -0.1) is 0 Å². The van der Waals surface area contributed by atoms with Crippen molar-refractivity contribution in [3.63, 3.8) is 0 Å². The number of ether oxygens (including phenoxy) is 1. The van der Waals surface area contributed by atoms with E-state index < -0.39 is 5.91 Å². The van der Waals surface area contributed by atoms with Gasteiger partial charge in [0.25, 0.3) is 5.91 Å². The number of nitrogens with two attached hydrogens (primary N) is 1. The molecule has 5 nitrogen and oxygen atoms in total. The zero-order valence-electron chi connectivity index (χ0n) is 12.6. The Morgan fingerprint density at radius 2 is 2.00 bits per heavy atom. The smallest absolute Gasteiger partial charge is 0.259 e. The molecule has 0 unspecified atom stereocenters. The van der Waals surface area contributed by atoms with Crippen molar-refractivity contribution < 1.29 is 14.3 Å². The number of carbonyl (C=O) groups is 2. The first kappa shape index (κ1) is 17.0. The average Bonchev–Trinajstić information content (AvgIpc) is 2.53. The summed E-state index contributed by atoms with van der Waals surface area (Å²) in [6.45, 7) is 2.52.